The number of carbonyl (C=O) groups is 1. The molecule has 1 aromatic heterocycles. The summed E-state index contributed by atoms with van der Waals surface area (Å²) in [6.07, 6.45) is 6.62. The number of nitrogens with zero attached hydrogens (tertiary/aromatic N) is 4. The van der Waals surface area contributed by atoms with Crippen molar-refractivity contribution in [2.75, 3.05) is 14.2 Å². The van der Waals surface area contributed by atoms with Crippen LogP contribution < -0.4 is 4.74 Å². The Kier molecular flexibility index (Phi) is 5.80. The van der Waals surface area contributed by atoms with Gasteiger partial charge in [0.05, 0.1) is 18.8 Å². The number of rotatable bonds is 6. The van der Waals surface area contributed by atoms with Crippen molar-refractivity contribution in [3.8, 4) is 11.4 Å². The molecule has 0 saturated heterocycles. The van der Waals surface area contributed by atoms with Crippen molar-refractivity contribution in [3.05, 3.63) is 90.5 Å². The van der Waals surface area contributed by atoms with E-state index in [0.717, 1.165) is 33.3 Å². The van der Waals surface area contributed by atoms with Crippen molar-refractivity contribution in [1.29, 1.82) is 0 Å². The highest BCUT2D eigenvalue weighted by Gasteiger charge is 2.15. The zero-order valence-corrected chi connectivity index (χ0v) is 17.8. The van der Waals surface area contributed by atoms with Crippen LogP contribution in [-0.2, 0) is 4.79 Å². The minimum Gasteiger partial charge on any atom is -0.497 e. The molecule has 4 aromatic rings. The van der Waals surface area contributed by atoms with Gasteiger partial charge in [0, 0.05) is 13.1 Å². The smallest absolute Gasteiger partial charge is 0.246 e. The van der Waals surface area contributed by atoms with Crippen molar-refractivity contribution in [3.63, 3.8) is 0 Å². The summed E-state index contributed by atoms with van der Waals surface area (Å²) in [4.78, 5) is 18.4. The van der Waals surface area contributed by atoms with Gasteiger partial charge in [0.25, 0.3) is 0 Å². The van der Waals surface area contributed by atoms with Gasteiger partial charge in [-0.3, -0.25) is 4.79 Å². The van der Waals surface area contributed by atoms with Crippen LogP contribution in [0.15, 0.2) is 79.4 Å². The second kappa shape index (κ2) is 8.83. The quantitative estimate of drug-likeness (QED) is 0.432. The third-order valence-corrected chi connectivity index (χ3v) is 5.48. The predicted molar refractivity (Wildman–Crippen MR) is 122 cm³/mol. The SMILES string of the molecule is COc1ccc2cc(/C=C/C(=O)N(C)[C@@H](C)c3ccc(-n4cncn4)cc3)ccc2c1. The number of benzene rings is 3. The standard InChI is InChI=1S/C25H24N4O2/c1-18(20-7-10-23(11-8-20)29-17-26-16-27-29)28(2)25(30)13-5-19-4-6-22-15-24(31-3)12-9-21(22)14-19/h4-18H,1-3H3/b13-5+/t18-/m0/s1. The summed E-state index contributed by atoms with van der Waals surface area (Å²) in [5.41, 5.74) is 2.95. The molecule has 31 heavy (non-hydrogen) atoms. The van der Waals surface area contributed by atoms with E-state index < -0.39 is 0 Å². The van der Waals surface area contributed by atoms with Crippen LogP contribution in [0.5, 0.6) is 5.75 Å². The van der Waals surface area contributed by atoms with E-state index in [1.807, 2.05) is 74.6 Å². The first-order chi connectivity index (χ1) is 15.0. The molecular formula is C25H24N4O2. The summed E-state index contributed by atoms with van der Waals surface area (Å²) in [5, 5.41) is 6.33. The number of likely N-dealkylation sites (N-methyl/N-ethyl adjacent to an activating group) is 1. The fraction of sp³-hybridized carbons (Fsp3) is 0.160. The largest absolute Gasteiger partial charge is 0.497 e. The predicted octanol–water partition coefficient (Wildman–Crippen LogP) is 4.66. The molecule has 0 spiro atoms. The number of hydrogen-bond donors (Lipinski definition) is 0. The highest BCUT2D eigenvalue weighted by atomic mass is 16.5. The van der Waals surface area contributed by atoms with E-state index in [4.69, 9.17) is 4.74 Å². The molecule has 6 heteroatoms. The highest BCUT2D eigenvalue weighted by Crippen LogP contribution is 2.23. The molecule has 0 saturated carbocycles. The molecule has 0 fully saturated rings. The molecule has 0 N–H and O–H groups in total. The lowest BCUT2D eigenvalue weighted by molar-refractivity contribution is -0.126. The molecule has 0 aliphatic rings. The third kappa shape index (κ3) is 4.48. The van der Waals surface area contributed by atoms with Crippen LogP contribution in [0.2, 0.25) is 0 Å². The van der Waals surface area contributed by atoms with Crippen molar-refractivity contribution in [2.24, 2.45) is 0 Å². The molecule has 0 bridgehead atoms. The monoisotopic (exact) mass is 412 g/mol. The maximum absolute atomic E-state index is 12.7. The van der Waals surface area contributed by atoms with E-state index in [1.54, 1.807) is 29.1 Å². The fourth-order valence-corrected chi connectivity index (χ4v) is 3.42. The first-order valence-electron chi connectivity index (χ1n) is 10.0. The molecule has 0 unspecified atom stereocenters. The molecule has 0 aliphatic heterocycles. The minimum absolute atomic E-state index is 0.0531. The zero-order valence-electron chi connectivity index (χ0n) is 17.8. The van der Waals surface area contributed by atoms with Crippen molar-refractivity contribution < 1.29 is 9.53 Å². The summed E-state index contributed by atoms with van der Waals surface area (Å²) < 4.78 is 6.97. The van der Waals surface area contributed by atoms with E-state index in [-0.39, 0.29) is 11.9 Å². The first-order valence-corrected chi connectivity index (χ1v) is 10.0. The topological polar surface area (TPSA) is 60.2 Å². The van der Waals surface area contributed by atoms with Crippen molar-refractivity contribution in [2.45, 2.75) is 13.0 Å². The summed E-state index contributed by atoms with van der Waals surface area (Å²) in [5.74, 6) is 0.776. The lowest BCUT2D eigenvalue weighted by Crippen LogP contribution is -2.27. The number of carbonyl (C=O) groups excluding carboxylic acids is 1. The van der Waals surface area contributed by atoms with E-state index in [9.17, 15) is 4.79 Å². The first kappa shape index (κ1) is 20.3. The number of fused-ring (bicyclic) bond motifs is 1. The number of hydrogen-bond acceptors (Lipinski definition) is 4. The second-order valence-corrected chi connectivity index (χ2v) is 7.36. The maximum Gasteiger partial charge on any atom is 0.246 e. The highest BCUT2D eigenvalue weighted by molar-refractivity contribution is 5.93. The van der Waals surface area contributed by atoms with Crippen LogP contribution in [0.1, 0.15) is 24.1 Å². The molecule has 0 aliphatic carbocycles. The lowest BCUT2D eigenvalue weighted by atomic mass is 10.1. The lowest BCUT2D eigenvalue weighted by Gasteiger charge is -2.24. The number of ether oxygens (including phenoxy) is 1. The Labute approximate surface area is 181 Å². The van der Waals surface area contributed by atoms with Crippen molar-refractivity contribution >= 4 is 22.8 Å². The van der Waals surface area contributed by atoms with Gasteiger partial charge in [0.1, 0.15) is 18.4 Å². The van der Waals surface area contributed by atoms with Gasteiger partial charge in [-0.2, -0.15) is 5.10 Å². The molecule has 1 heterocycles. The van der Waals surface area contributed by atoms with E-state index in [0.29, 0.717) is 0 Å². The van der Waals surface area contributed by atoms with Crippen LogP contribution in [-0.4, -0.2) is 39.7 Å². The maximum atomic E-state index is 12.7. The van der Waals surface area contributed by atoms with Gasteiger partial charge in [-0.1, -0.05) is 30.3 Å². The van der Waals surface area contributed by atoms with E-state index in [1.165, 1.54) is 6.33 Å². The molecule has 1 amide bonds. The molecule has 1 atom stereocenters. The van der Waals surface area contributed by atoms with Gasteiger partial charge in [-0.25, -0.2) is 9.67 Å². The molecule has 4 rings (SSSR count). The summed E-state index contributed by atoms with van der Waals surface area (Å²) >= 11 is 0. The Balaban J connectivity index is 1.45. The number of aromatic nitrogens is 3. The Morgan fingerprint density at radius 1 is 1.06 bits per heavy atom. The van der Waals surface area contributed by atoms with Crippen LogP contribution in [0.25, 0.3) is 22.5 Å². The number of amides is 1. The van der Waals surface area contributed by atoms with Gasteiger partial charge < -0.3 is 9.64 Å². The summed E-state index contributed by atoms with van der Waals surface area (Å²) in [7, 11) is 3.47. The average Bonchev–Trinajstić information content (AvgIpc) is 3.36. The average molecular weight is 412 g/mol. The van der Waals surface area contributed by atoms with Gasteiger partial charge in [0.2, 0.25) is 5.91 Å². The van der Waals surface area contributed by atoms with Crippen LogP contribution in [0.3, 0.4) is 0 Å². The molecule has 0 radical (unpaired) electrons. The zero-order chi connectivity index (χ0) is 21.8. The fourth-order valence-electron chi connectivity index (χ4n) is 3.42. The van der Waals surface area contributed by atoms with Crippen molar-refractivity contribution in [1.82, 2.24) is 19.7 Å². The minimum atomic E-state index is -0.0639. The van der Waals surface area contributed by atoms with Gasteiger partial charge in [0.15, 0.2) is 0 Å². The van der Waals surface area contributed by atoms with Crippen LogP contribution in [0, 0.1) is 0 Å². The van der Waals surface area contributed by atoms with Crippen LogP contribution in [0.4, 0.5) is 0 Å². The van der Waals surface area contributed by atoms with Gasteiger partial charge in [-0.05, 0) is 65.2 Å². The second-order valence-electron chi connectivity index (χ2n) is 7.36. The normalized spacial score (nSPS) is 12.2. The third-order valence-electron chi connectivity index (χ3n) is 5.48. The molecule has 156 valence electrons. The Morgan fingerprint density at radius 3 is 2.52 bits per heavy atom. The van der Waals surface area contributed by atoms with E-state index >= 15 is 0 Å². The Bertz CT molecular complexity index is 1210. The summed E-state index contributed by atoms with van der Waals surface area (Å²) in [6.45, 7) is 2.01. The van der Waals surface area contributed by atoms with Crippen LogP contribution >= 0.6 is 0 Å². The molecule has 6 nitrogen and oxygen atoms in total. The molecular weight excluding hydrogens is 388 g/mol. The Morgan fingerprint density at radius 2 is 1.81 bits per heavy atom. The number of methoxy groups -OCH3 is 1. The van der Waals surface area contributed by atoms with Gasteiger partial charge >= 0.3 is 0 Å². The Hall–Kier alpha value is -3.93. The van der Waals surface area contributed by atoms with Gasteiger partial charge in [-0.15, -0.1) is 0 Å². The summed E-state index contributed by atoms with van der Waals surface area (Å²) in [6, 6.07) is 19.9. The molecule has 3 aromatic carbocycles. The van der Waals surface area contributed by atoms with E-state index in [2.05, 4.69) is 16.1 Å².